The largest absolute Gasteiger partial charge is 1.00 e. The lowest BCUT2D eigenvalue weighted by atomic mass is 10.1. The van der Waals surface area contributed by atoms with E-state index in [1.54, 1.807) is 0 Å². The van der Waals surface area contributed by atoms with Gasteiger partial charge < -0.3 is 26.2 Å². The van der Waals surface area contributed by atoms with Gasteiger partial charge in [0, 0.05) is 6.61 Å². The van der Waals surface area contributed by atoms with Crippen LogP contribution in [-0.2, 0) is 4.74 Å². The van der Waals surface area contributed by atoms with Crippen molar-refractivity contribution in [1.29, 1.82) is 0 Å². The van der Waals surface area contributed by atoms with Crippen molar-refractivity contribution in [3.8, 4) is 0 Å². The number of quaternary nitrogens is 1. The molecule has 2 nitrogen and oxygen atoms in total. The quantitative estimate of drug-likeness (QED) is 0.295. The van der Waals surface area contributed by atoms with Crippen LogP contribution in [0.2, 0.25) is 0 Å². The Labute approximate surface area is 151 Å². The molecule has 0 amide bonds. The van der Waals surface area contributed by atoms with E-state index in [2.05, 4.69) is 27.7 Å². The summed E-state index contributed by atoms with van der Waals surface area (Å²) in [6, 6.07) is 0. The summed E-state index contributed by atoms with van der Waals surface area (Å²) in [4.78, 5) is 0. The second kappa shape index (κ2) is 17.7. The molecule has 0 radical (unpaired) electrons. The Bertz CT molecular complexity index is 166. The van der Waals surface area contributed by atoms with Crippen molar-refractivity contribution in [1.82, 2.24) is 0 Å². The van der Waals surface area contributed by atoms with Gasteiger partial charge in [-0.15, -0.1) is 0 Å². The zero-order valence-electron chi connectivity index (χ0n) is 15.8. The number of hydrogen-bond acceptors (Lipinski definition) is 1. The first-order valence-electron chi connectivity index (χ1n) is 9.67. The molecule has 3 heteroatoms. The topological polar surface area (TPSA) is 9.23 Å². The fourth-order valence-corrected chi connectivity index (χ4v) is 3.16. The molecular formula is C19H42BrNO. The molecule has 0 aliphatic heterocycles. The van der Waals surface area contributed by atoms with Crippen molar-refractivity contribution >= 4 is 0 Å². The van der Waals surface area contributed by atoms with Crippen LogP contribution in [0.25, 0.3) is 0 Å². The van der Waals surface area contributed by atoms with Gasteiger partial charge in [-0.3, -0.25) is 0 Å². The van der Waals surface area contributed by atoms with Gasteiger partial charge in [-0.1, -0.05) is 40.0 Å². The fourth-order valence-electron chi connectivity index (χ4n) is 3.16. The summed E-state index contributed by atoms with van der Waals surface area (Å²) < 4.78 is 7.01. The Balaban J connectivity index is 0. The summed E-state index contributed by atoms with van der Waals surface area (Å²) in [6.07, 6.45) is 12.3. The average Bonchev–Trinajstić information content (AvgIpc) is 2.48. The number of unbranched alkanes of at least 4 members (excludes halogenated alkanes) is 6. The highest BCUT2D eigenvalue weighted by atomic mass is 79.9. The Hall–Kier alpha value is 0.400. The van der Waals surface area contributed by atoms with Gasteiger partial charge >= 0.3 is 0 Å². The van der Waals surface area contributed by atoms with Crippen molar-refractivity contribution in [2.45, 2.75) is 85.5 Å². The first-order valence-corrected chi connectivity index (χ1v) is 9.67. The lowest BCUT2D eigenvalue weighted by Gasteiger charge is -2.39. The molecule has 0 spiro atoms. The van der Waals surface area contributed by atoms with Crippen molar-refractivity contribution < 1.29 is 26.2 Å². The van der Waals surface area contributed by atoms with E-state index in [1.165, 1.54) is 88.4 Å². The van der Waals surface area contributed by atoms with Crippen LogP contribution in [0.15, 0.2) is 0 Å². The van der Waals surface area contributed by atoms with Gasteiger partial charge in [0.25, 0.3) is 0 Å². The lowest BCUT2D eigenvalue weighted by Crippen LogP contribution is -3.00. The number of hydrogen-bond donors (Lipinski definition) is 0. The molecule has 0 unspecified atom stereocenters. The van der Waals surface area contributed by atoms with Crippen LogP contribution >= 0.6 is 0 Å². The third-order valence-electron chi connectivity index (χ3n) is 4.62. The number of ether oxygens (including phenoxy) is 1. The maximum Gasteiger partial charge on any atom is 0.102 e. The van der Waals surface area contributed by atoms with E-state index in [0.29, 0.717) is 0 Å². The van der Waals surface area contributed by atoms with Gasteiger partial charge in [0.15, 0.2) is 0 Å². The first kappa shape index (κ1) is 24.6. The van der Waals surface area contributed by atoms with Crippen molar-refractivity contribution in [3.63, 3.8) is 0 Å². The van der Waals surface area contributed by atoms with Crippen LogP contribution in [-0.4, -0.2) is 43.9 Å². The standard InChI is InChI=1S/C19H42NO.BrH/c1-5-9-12-15-20(16-13-10-6-2,17-14-11-7-3)18-19-21-8-4;/h5-19H2,1-4H3;1H/q+1;/p-1. The molecule has 0 bridgehead atoms. The fraction of sp³-hybridized carbons (Fsp3) is 1.00. The van der Waals surface area contributed by atoms with Gasteiger partial charge in [0.2, 0.25) is 0 Å². The molecule has 0 aliphatic rings. The number of rotatable bonds is 16. The molecule has 0 atom stereocenters. The molecule has 136 valence electrons. The molecule has 0 aliphatic carbocycles. The minimum atomic E-state index is 0. The molecule has 0 saturated heterocycles. The van der Waals surface area contributed by atoms with Crippen LogP contribution in [0, 0.1) is 0 Å². The zero-order chi connectivity index (χ0) is 15.8. The molecule has 22 heavy (non-hydrogen) atoms. The summed E-state index contributed by atoms with van der Waals surface area (Å²) in [5, 5.41) is 0. The van der Waals surface area contributed by atoms with Gasteiger partial charge in [-0.25, -0.2) is 0 Å². The normalized spacial score (nSPS) is 11.5. The van der Waals surface area contributed by atoms with Crippen molar-refractivity contribution in [3.05, 3.63) is 0 Å². The first-order chi connectivity index (χ1) is 10.2. The highest BCUT2D eigenvalue weighted by Crippen LogP contribution is 2.16. The number of halogens is 1. The summed E-state index contributed by atoms with van der Waals surface area (Å²) in [6.45, 7) is 16.2. The molecule has 0 aromatic rings. The predicted octanol–water partition coefficient (Wildman–Crippen LogP) is 2.41. The van der Waals surface area contributed by atoms with Gasteiger partial charge in [0.05, 0.1) is 26.2 Å². The van der Waals surface area contributed by atoms with E-state index in [1.807, 2.05) is 0 Å². The highest BCUT2D eigenvalue weighted by molar-refractivity contribution is 4.51. The van der Waals surface area contributed by atoms with Gasteiger partial charge in [-0.05, 0) is 45.4 Å². The minimum Gasteiger partial charge on any atom is -1.00 e. The average molecular weight is 380 g/mol. The van der Waals surface area contributed by atoms with E-state index in [9.17, 15) is 0 Å². The zero-order valence-corrected chi connectivity index (χ0v) is 17.4. The Morgan fingerprint density at radius 3 is 1.32 bits per heavy atom. The maximum atomic E-state index is 5.69. The van der Waals surface area contributed by atoms with E-state index in [0.717, 1.165) is 13.2 Å². The SMILES string of the molecule is CCCCC[N+](CCCCC)(CCCCC)CCOCC.[Br-]. The van der Waals surface area contributed by atoms with Crippen molar-refractivity contribution in [2.75, 3.05) is 39.4 Å². The number of nitrogens with zero attached hydrogens (tertiary/aromatic N) is 1. The van der Waals surface area contributed by atoms with E-state index < -0.39 is 0 Å². The summed E-state index contributed by atoms with van der Waals surface area (Å²) in [7, 11) is 0. The Morgan fingerprint density at radius 1 is 0.591 bits per heavy atom. The maximum absolute atomic E-state index is 5.69. The van der Waals surface area contributed by atoms with Crippen molar-refractivity contribution in [2.24, 2.45) is 0 Å². The van der Waals surface area contributed by atoms with Crippen LogP contribution in [0.1, 0.15) is 85.5 Å². The van der Waals surface area contributed by atoms with Gasteiger partial charge in [0.1, 0.15) is 6.54 Å². The van der Waals surface area contributed by atoms with E-state index >= 15 is 0 Å². The highest BCUT2D eigenvalue weighted by Gasteiger charge is 2.25. The molecule has 0 aromatic carbocycles. The van der Waals surface area contributed by atoms with Crippen LogP contribution < -0.4 is 17.0 Å². The molecular weight excluding hydrogens is 338 g/mol. The Morgan fingerprint density at radius 2 is 1.00 bits per heavy atom. The second-order valence-corrected chi connectivity index (χ2v) is 6.55. The molecule has 0 fully saturated rings. The molecule has 0 rings (SSSR count). The smallest absolute Gasteiger partial charge is 0.102 e. The van der Waals surface area contributed by atoms with Crippen LogP contribution in [0.4, 0.5) is 0 Å². The third-order valence-corrected chi connectivity index (χ3v) is 4.62. The Kier molecular flexibility index (Phi) is 19.9. The molecule has 0 aromatic heterocycles. The lowest BCUT2D eigenvalue weighted by molar-refractivity contribution is -0.929. The van der Waals surface area contributed by atoms with E-state index in [4.69, 9.17) is 4.74 Å². The summed E-state index contributed by atoms with van der Waals surface area (Å²) in [5.41, 5.74) is 0. The summed E-state index contributed by atoms with van der Waals surface area (Å²) in [5.74, 6) is 0. The van der Waals surface area contributed by atoms with Crippen LogP contribution in [0.3, 0.4) is 0 Å². The minimum absolute atomic E-state index is 0. The molecule has 0 heterocycles. The summed E-state index contributed by atoms with van der Waals surface area (Å²) >= 11 is 0. The van der Waals surface area contributed by atoms with Gasteiger partial charge in [-0.2, -0.15) is 0 Å². The molecule has 0 N–H and O–H groups in total. The second-order valence-electron chi connectivity index (χ2n) is 6.55. The third kappa shape index (κ3) is 12.9. The molecule has 0 saturated carbocycles. The van der Waals surface area contributed by atoms with E-state index in [-0.39, 0.29) is 17.0 Å². The van der Waals surface area contributed by atoms with Crippen LogP contribution in [0.5, 0.6) is 0 Å². The monoisotopic (exact) mass is 379 g/mol. The predicted molar refractivity (Wildman–Crippen MR) is 94.8 cm³/mol.